The molecule has 130 valence electrons. The molecule has 2 aromatic carbocycles. The zero-order valence-corrected chi connectivity index (χ0v) is 14.5. The second kappa shape index (κ2) is 8.63. The van der Waals surface area contributed by atoms with Gasteiger partial charge in [0.1, 0.15) is 5.75 Å². The number of hydrogen-bond donors (Lipinski definition) is 2. The van der Waals surface area contributed by atoms with Gasteiger partial charge in [0.2, 0.25) is 5.91 Å². The standard InChI is InChI=1S/C19H21N3O3/c1-4-18(23)20-16-9-5-14(6-10-16)13(2)21-22-19(24)15-7-11-17(25-3)12-8-15/h5-12H,4H2,1-3H3,(H,20,23)(H,22,24)/b21-13-. The third-order valence-electron chi connectivity index (χ3n) is 3.58. The summed E-state index contributed by atoms with van der Waals surface area (Å²) in [4.78, 5) is 23.4. The van der Waals surface area contributed by atoms with Gasteiger partial charge < -0.3 is 10.1 Å². The lowest BCUT2D eigenvalue weighted by atomic mass is 10.1. The molecule has 0 saturated carbocycles. The molecule has 0 spiro atoms. The first kappa shape index (κ1) is 18.2. The molecule has 0 aliphatic carbocycles. The van der Waals surface area contributed by atoms with E-state index >= 15 is 0 Å². The van der Waals surface area contributed by atoms with Crippen molar-refractivity contribution in [3.8, 4) is 5.75 Å². The highest BCUT2D eigenvalue weighted by Crippen LogP contribution is 2.12. The molecule has 0 bridgehead atoms. The molecule has 0 fully saturated rings. The van der Waals surface area contributed by atoms with Crippen LogP contribution in [0.3, 0.4) is 0 Å². The average Bonchev–Trinajstić information content (AvgIpc) is 2.66. The maximum absolute atomic E-state index is 12.1. The van der Waals surface area contributed by atoms with Crippen molar-refractivity contribution < 1.29 is 14.3 Å². The van der Waals surface area contributed by atoms with Crippen molar-refractivity contribution in [1.29, 1.82) is 0 Å². The van der Waals surface area contributed by atoms with E-state index in [2.05, 4.69) is 15.8 Å². The van der Waals surface area contributed by atoms with Crippen LogP contribution in [0, 0.1) is 0 Å². The van der Waals surface area contributed by atoms with Crippen LogP contribution in [0.15, 0.2) is 53.6 Å². The van der Waals surface area contributed by atoms with Crippen LogP contribution < -0.4 is 15.5 Å². The van der Waals surface area contributed by atoms with Crippen LogP contribution in [0.25, 0.3) is 0 Å². The first-order chi connectivity index (χ1) is 12.0. The molecule has 6 nitrogen and oxygen atoms in total. The number of hydrogen-bond acceptors (Lipinski definition) is 4. The normalized spacial score (nSPS) is 10.9. The Kier molecular flexibility index (Phi) is 6.28. The second-order valence-corrected chi connectivity index (χ2v) is 5.35. The van der Waals surface area contributed by atoms with Gasteiger partial charge >= 0.3 is 0 Å². The Hall–Kier alpha value is -3.15. The van der Waals surface area contributed by atoms with Gasteiger partial charge in [-0.1, -0.05) is 19.1 Å². The highest BCUT2D eigenvalue weighted by molar-refractivity contribution is 6.01. The first-order valence-electron chi connectivity index (χ1n) is 7.92. The van der Waals surface area contributed by atoms with E-state index in [0.717, 1.165) is 11.3 Å². The summed E-state index contributed by atoms with van der Waals surface area (Å²) in [6, 6.07) is 14.0. The Bertz CT molecular complexity index is 766. The van der Waals surface area contributed by atoms with E-state index in [4.69, 9.17) is 4.74 Å². The molecule has 0 aromatic heterocycles. The molecule has 0 saturated heterocycles. The minimum Gasteiger partial charge on any atom is -0.497 e. The Balaban J connectivity index is 2.00. The third-order valence-corrected chi connectivity index (χ3v) is 3.58. The number of anilines is 1. The molecule has 0 atom stereocenters. The molecule has 2 rings (SSSR count). The molecule has 2 N–H and O–H groups in total. The van der Waals surface area contributed by atoms with Crippen LogP contribution in [-0.4, -0.2) is 24.6 Å². The topological polar surface area (TPSA) is 79.8 Å². The Morgan fingerprint density at radius 3 is 2.16 bits per heavy atom. The van der Waals surface area contributed by atoms with Gasteiger partial charge in [0.05, 0.1) is 12.8 Å². The predicted molar refractivity (Wildman–Crippen MR) is 98.0 cm³/mol. The Morgan fingerprint density at radius 1 is 1.00 bits per heavy atom. The van der Waals surface area contributed by atoms with Crippen LogP contribution in [0.5, 0.6) is 5.75 Å². The van der Waals surface area contributed by atoms with E-state index in [1.807, 2.05) is 12.1 Å². The molecule has 0 aliphatic rings. The molecule has 6 heteroatoms. The van der Waals surface area contributed by atoms with E-state index in [9.17, 15) is 9.59 Å². The molecular formula is C19H21N3O3. The summed E-state index contributed by atoms with van der Waals surface area (Å²) in [6.45, 7) is 3.60. The number of hydrazone groups is 1. The largest absolute Gasteiger partial charge is 0.497 e. The first-order valence-corrected chi connectivity index (χ1v) is 7.92. The lowest BCUT2D eigenvalue weighted by Gasteiger charge is -2.06. The number of rotatable bonds is 6. The van der Waals surface area contributed by atoms with Gasteiger partial charge in [-0.25, -0.2) is 5.43 Å². The van der Waals surface area contributed by atoms with E-state index in [1.165, 1.54) is 0 Å². The number of ether oxygens (including phenoxy) is 1. The smallest absolute Gasteiger partial charge is 0.271 e. The minimum atomic E-state index is -0.297. The van der Waals surface area contributed by atoms with Crippen molar-refractivity contribution in [3.63, 3.8) is 0 Å². The molecule has 0 aliphatic heterocycles. The van der Waals surface area contributed by atoms with Crippen molar-refractivity contribution in [2.45, 2.75) is 20.3 Å². The molecule has 0 radical (unpaired) electrons. The lowest BCUT2D eigenvalue weighted by Crippen LogP contribution is -2.19. The average molecular weight is 339 g/mol. The Morgan fingerprint density at radius 2 is 1.60 bits per heavy atom. The number of methoxy groups -OCH3 is 1. The van der Waals surface area contributed by atoms with Crippen LogP contribution in [0.2, 0.25) is 0 Å². The number of amides is 2. The quantitative estimate of drug-likeness (QED) is 0.626. The van der Waals surface area contributed by atoms with Gasteiger partial charge in [-0.15, -0.1) is 0 Å². The third kappa shape index (κ3) is 5.17. The number of nitrogens with one attached hydrogen (secondary N) is 2. The van der Waals surface area contributed by atoms with Gasteiger partial charge in [-0.05, 0) is 48.9 Å². The van der Waals surface area contributed by atoms with Crippen molar-refractivity contribution in [3.05, 3.63) is 59.7 Å². The van der Waals surface area contributed by atoms with Gasteiger partial charge in [-0.3, -0.25) is 9.59 Å². The summed E-state index contributed by atoms with van der Waals surface area (Å²) in [5.41, 5.74) is 5.27. The van der Waals surface area contributed by atoms with Crippen molar-refractivity contribution in [1.82, 2.24) is 5.43 Å². The van der Waals surface area contributed by atoms with Gasteiger partial charge in [0.15, 0.2) is 0 Å². The van der Waals surface area contributed by atoms with E-state index in [0.29, 0.717) is 23.4 Å². The number of benzene rings is 2. The highest BCUT2D eigenvalue weighted by Gasteiger charge is 2.06. The molecular weight excluding hydrogens is 318 g/mol. The van der Waals surface area contributed by atoms with Crippen molar-refractivity contribution in [2.75, 3.05) is 12.4 Å². The second-order valence-electron chi connectivity index (χ2n) is 5.35. The molecule has 2 aromatic rings. The van der Waals surface area contributed by atoms with Crippen LogP contribution in [-0.2, 0) is 4.79 Å². The van der Waals surface area contributed by atoms with E-state index < -0.39 is 0 Å². The van der Waals surface area contributed by atoms with Crippen molar-refractivity contribution >= 4 is 23.2 Å². The summed E-state index contributed by atoms with van der Waals surface area (Å²) >= 11 is 0. The summed E-state index contributed by atoms with van der Waals surface area (Å²) in [7, 11) is 1.57. The van der Waals surface area contributed by atoms with Crippen LogP contribution in [0.4, 0.5) is 5.69 Å². The fraction of sp³-hybridized carbons (Fsp3) is 0.211. The van der Waals surface area contributed by atoms with E-state index in [-0.39, 0.29) is 11.8 Å². The highest BCUT2D eigenvalue weighted by atomic mass is 16.5. The fourth-order valence-corrected chi connectivity index (χ4v) is 2.05. The minimum absolute atomic E-state index is 0.0371. The SMILES string of the molecule is CCC(=O)Nc1ccc(/C(C)=N\NC(=O)c2ccc(OC)cc2)cc1. The summed E-state index contributed by atoms with van der Waals surface area (Å²) in [6.07, 6.45) is 0.430. The number of nitrogens with zero attached hydrogens (tertiary/aromatic N) is 1. The summed E-state index contributed by atoms with van der Waals surface area (Å²) in [5, 5.41) is 6.90. The van der Waals surface area contributed by atoms with Gasteiger partial charge in [-0.2, -0.15) is 5.10 Å². The molecule has 0 heterocycles. The van der Waals surface area contributed by atoms with Gasteiger partial charge in [0, 0.05) is 17.7 Å². The Labute approximate surface area is 146 Å². The molecule has 2 amide bonds. The van der Waals surface area contributed by atoms with Crippen molar-refractivity contribution in [2.24, 2.45) is 5.10 Å². The fourth-order valence-electron chi connectivity index (χ4n) is 2.05. The molecule has 0 unspecified atom stereocenters. The van der Waals surface area contributed by atoms with Crippen LogP contribution >= 0.6 is 0 Å². The number of carbonyl (C=O) groups is 2. The lowest BCUT2D eigenvalue weighted by molar-refractivity contribution is -0.115. The zero-order chi connectivity index (χ0) is 18.2. The monoisotopic (exact) mass is 339 g/mol. The summed E-state index contributed by atoms with van der Waals surface area (Å²) in [5.74, 6) is 0.352. The predicted octanol–water partition coefficient (Wildman–Crippen LogP) is 3.20. The maximum atomic E-state index is 12.1. The summed E-state index contributed by atoms with van der Waals surface area (Å²) < 4.78 is 5.06. The molecule has 25 heavy (non-hydrogen) atoms. The van der Waals surface area contributed by atoms with E-state index in [1.54, 1.807) is 57.4 Å². The maximum Gasteiger partial charge on any atom is 0.271 e. The zero-order valence-electron chi connectivity index (χ0n) is 14.5. The van der Waals surface area contributed by atoms with Gasteiger partial charge in [0.25, 0.3) is 5.91 Å². The number of carbonyl (C=O) groups excluding carboxylic acids is 2. The van der Waals surface area contributed by atoms with Crippen LogP contribution in [0.1, 0.15) is 36.2 Å².